The van der Waals surface area contributed by atoms with Crippen molar-refractivity contribution in [2.24, 2.45) is 5.92 Å². The van der Waals surface area contributed by atoms with Crippen LogP contribution in [0.4, 0.5) is 0 Å². The van der Waals surface area contributed by atoms with Gasteiger partial charge in [-0.1, -0.05) is 42.5 Å². The molecule has 1 amide bonds. The molecule has 178 valence electrons. The number of carbonyl (C=O) groups is 1. The third-order valence-corrected chi connectivity index (χ3v) is 7.58. The smallest absolute Gasteiger partial charge is 0.236 e. The maximum Gasteiger partial charge on any atom is 0.236 e. The molecule has 7 nitrogen and oxygen atoms in total. The average molecular weight is 472 g/mol. The molecule has 0 saturated carbocycles. The maximum absolute atomic E-state index is 12.8. The van der Waals surface area contributed by atoms with Gasteiger partial charge in [-0.05, 0) is 56.3 Å². The van der Waals surface area contributed by atoms with Crippen LogP contribution in [-0.4, -0.2) is 64.4 Å². The minimum Gasteiger partial charge on any atom is -0.497 e. The number of methoxy groups -OCH3 is 1. The lowest BCUT2D eigenvalue weighted by molar-refractivity contribution is -0.126. The number of likely N-dealkylation sites (N-methyl/N-ethyl adjacent to an activating group) is 1. The van der Waals surface area contributed by atoms with Crippen molar-refractivity contribution in [3.63, 3.8) is 0 Å². The van der Waals surface area contributed by atoms with Crippen molar-refractivity contribution in [3.05, 3.63) is 71.1 Å². The molecule has 2 aromatic carbocycles. The Morgan fingerprint density at radius 1 is 1.12 bits per heavy atom. The van der Waals surface area contributed by atoms with E-state index in [2.05, 4.69) is 10.2 Å². The topological polar surface area (TPSA) is 79.0 Å². The Bertz CT molecular complexity index is 1030. The molecule has 0 aromatic heterocycles. The Kier molecular flexibility index (Phi) is 8.66. The van der Waals surface area contributed by atoms with Crippen molar-refractivity contribution in [2.75, 3.05) is 40.8 Å². The van der Waals surface area contributed by atoms with Crippen LogP contribution in [0, 0.1) is 5.92 Å². The summed E-state index contributed by atoms with van der Waals surface area (Å²) in [4.78, 5) is 14.9. The zero-order valence-electron chi connectivity index (χ0n) is 19.5. The number of nitrogens with zero attached hydrogens (tertiary/aromatic N) is 2. The van der Waals surface area contributed by atoms with E-state index in [-0.39, 0.29) is 17.9 Å². The Balaban J connectivity index is 1.52. The van der Waals surface area contributed by atoms with Crippen molar-refractivity contribution < 1.29 is 17.9 Å². The molecule has 1 heterocycles. The van der Waals surface area contributed by atoms with E-state index >= 15 is 0 Å². The number of sulfonamides is 1. The van der Waals surface area contributed by atoms with Gasteiger partial charge in [0.25, 0.3) is 0 Å². The molecule has 3 rings (SSSR count). The van der Waals surface area contributed by atoms with Crippen LogP contribution in [-0.2, 0) is 14.8 Å². The molecule has 1 aliphatic heterocycles. The fraction of sp³-hybridized carbons (Fsp3) is 0.400. The summed E-state index contributed by atoms with van der Waals surface area (Å²) >= 11 is 0. The van der Waals surface area contributed by atoms with E-state index in [0.29, 0.717) is 32.5 Å². The summed E-state index contributed by atoms with van der Waals surface area (Å²) in [5.41, 5.74) is 1.93. The fourth-order valence-electron chi connectivity index (χ4n) is 3.95. The van der Waals surface area contributed by atoms with Crippen molar-refractivity contribution in [1.82, 2.24) is 14.5 Å². The number of piperidine rings is 1. The van der Waals surface area contributed by atoms with Crippen LogP contribution in [0.1, 0.15) is 30.0 Å². The summed E-state index contributed by atoms with van der Waals surface area (Å²) < 4.78 is 32.0. The van der Waals surface area contributed by atoms with Crippen molar-refractivity contribution in [3.8, 4) is 5.75 Å². The second kappa shape index (κ2) is 11.4. The van der Waals surface area contributed by atoms with Gasteiger partial charge in [0.2, 0.25) is 15.9 Å². The average Bonchev–Trinajstić information content (AvgIpc) is 2.84. The predicted octanol–water partition coefficient (Wildman–Crippen LogP) is 3.13. The highest BCUT2D eigenvalue weighted by atomic mass is 32.2. The summed E-state index contributed by atoms with van der Waals surface area (Å²) in [6.45, 7) is 1.17. The predicted molar refractivity (Wildman–Crippen MR) is 131 cm³/mol. The molecular formula is C25H33N3O4S. The summed E-state index contributed by atoms with van der Waals surface area (Å²) in [5, 5.41) is 4.32. The van der Waals surface area contributed by atoms with Crippen LogP contribution < -0.4 is 10.1 Å². The zero-order valence-corrected chi connectivity index (χ0v) is 20.3. The molecule has 1 fully saturated rings. The summed E-state index contributed by atoms with van der Waals surface area (Å²) in [6.07, 6.45) is 2.63. The highest BCUT2D eigenvalue weighted by Gasteiger charge is 2.30. The largest absolute Gasteiger partial charge is 0.497 e. The Morgan fingerprint density at radius 2 is 1.76 bits per heavy atom. The Morgan fingerprint density at radius 3 is 2.33 bits per heavy atom. The second-order valence-corrected chi connectivity index (χ2v) is 10.2. The lowest BCUT2D eigenvalue weighted by atomic mass is 9.97. The van der Waals surface area contributed by atoms with Crippen LogP contribution in [0.25, 0.3) is 6.08 Å². The van der Waals surface area contributed by atoms with Crippen LogP contribution >= 0.6 is 0 Å². The highest BCUT2D eigenvalue weighted by molar-refractivity contribution is 7.92. The lowest BCUT2D eigenvalue weighted by Gasteiger charge is -2.31. The number of benzene rings is 2. The maximum atomic E-state index is 12.8. The number of hydrogen-bond donors (Lipinski definition) is 1. The van der Waals surface area contributed by atoms with Gasteiger partial charge in [0.05, 0.1) is 13.2 Å². The molecule has 0 bridgehead atoms. The van der Waals surface area contributed by atoms with E-state index in [1.807, 2.05) is 68.7 Å². The summed E-state index contributed by atoms with van der Waals surface area (Å²) in [7, 11) is 2.09. The SMILES string of the molecule is COc1ccc(C(CNC(=O)C2CCN(S(=O)(=O)C=Cc3ccccc3)CC2)N(C)C)cc1. The standard InChI is InChI=1S/C25H33N3O4S/c1-27(2)24(21-9-11-23(32-3)12-10-21)19-26-25(29)22-13-16-28(17-14-22)33(30,31)18-15-20-7-5-4-6-8-20/h4-12,15,18,22,24H,13-14,16-17,19H2,1-3H3,(H,26,29). The third-order valence-electron chi connectivity index (χ3n) is 6.01. The first kappa shape index (κ1) is 25.0. The Labute approximate surface area is 197 Å². The number of nitrogens with one attached hydrogen (secondary N) is 1. The number of amides is 1. The molecule has 2 aromatic rings. The number of rotatable bonds is 9. The van der Waals surface area contributed by atoms with Gasteiger partial charge in [0, 0.05) is 31.0 Å². The lowest BCUT2D eigenvalue weighted by Crippen LogP contribution is -2.44. The molecule has 1 aliphatic rings. The molecular weight excluding hydrogens is 438 g/mol. The molecule has 1 atom stereocenters. The van der Waals surface area contributed by atoms with Gasteiger partial charge in [-0.15, -0.1) is 0 Å². The molecule has 1 saturated heterocycles. The molecule has 1 unspecified atom stereocenters. The highest BCUT2D eigenvalue weighted by Crippen LogP contribution is 2.23. The molecule has 0 radical (unpaired) electrons. The van der Waals surface area contributed by atoms with Crippen molar-refractivity contribution in [1.29, 1.82) is 0 Å². The summed E-state index contributed by atoms with van der Waals surface area (Å²) in [6, 6.07) is 17.2. The van der Waals surface area contributed by atoms with Crippen molar-refractivity contribution in [2.45, 2.75) is 18.9 Å². The molecule has 0 aliphatic carbocycles. The monoisotopic (exact) mass is 471 g/mol. The molecule has 8 heteroatoms. The van der Waals surface area contributed by atoms with E-state index in [1.165, 1.54) is 9.71 Å². The fourth-order valence-corrected chi connectivity index (χ4v) is 5.17. The van der Waals surface area contributed by atoms with E-state index in [9.17, 15) is 13.2 Å². The van der Waals surface area contributed by atoms with E-state index in [4.69, 9.17) is 4.74 Å². The van der Waals surface area contributed by atoms with Crippen LogP contribution in [0.2, 0.25) is 0 Å². The normalized spacial score (nSPS) is 16.7. The second-order valence-electron chi connectivity index (χ2n) is 8.43. The van der Waals surface area contributed by atoms with Crippen LogP contribution in [0.5, 0.6) is 5.75 Å². The van der Waals surface area contributed by atoms with Gasteiger partial charge in [-0.3, -0.25) is 4.79 Å². The number of hydrogen-bond acceptors (Lipinski definition) is 5. The number of ether oxygens (including phenoxy) is 1. The van der Waals surface area contributed by atoms with Crippen molar-refractivity contribution >= 4 is 22.0 Å². The minimum atomic E-state index is -3.51. The van der Waals surface area contributed by atoms with E-state index < -0.39 is 10.0 Å². The van der Waals surface area contributed by atoms with Gasteiger partial charge in [-0.25, -0.2) is 8.42 Å². The quantitative estimate of drug-likeness (QED) is 0.608. The van der Waals surface area contributed by atoms with Gasteiger partial charge in [-0.2, -0.15) is 4.31 Å². The molecule has 0 spiro atoms. The first-order valence-corrected chi connectivity index (χ1v) is 12.6. The Hall–Kier alpha value is -2.68. The zero-order chi connectivity index (χ0) is 23.8. The number of carbonyl (C=O) groups excluding carboxylic acids is 1. The van der Waals surface area contributed by atoms with Crippen LogP contribution in [0.3, 0.4) is 0 Å². The van der Waals surface area contributed by atoms with E-state index in [1.54, 1.807) is 13.2 Å². The van der Waals surface area contributed by atoms with Gasteiger partial charge in [0.1, 0.15) is 5.75 Å². The van der Waals surface area contributed by atoms with E-state index in [0.717, 1.165) is 16.9 Å². The van der Waals surface area contributed by atoms with Gasteiger partial charge >= 0.3 is 0 Å². The first-order chi connectivity index (χ1) is 15.8. The van der Waals surface area contributed by atoms with Gasteiger partial charge in [0.15, 0.2) is 0 Å². The minimum absolute atomic E-state index is 0.0211. The molecule has 1 N–H and O–H groups in total. The van der Waals surface area contributed by atoms with Crippen LogP contribution in [0.15, 0.2) is 60.0 Å². The third kappa shape index (κ3) is 6.90. The van der Waals surface area contributed by atoms with Gasteiger partial charge < -0.3 is 15.0 Å². The summed E-state index contributed by atoms with van der Waals surface area (Å²) in [5.74, 6) is 0.584. The first-order valence-electron chi connectivity index (χ1n) is 11.1. The molecule has 33 heavy (non-hydrogen) atoms.